The van der Waals surface area contributed by atoms with Gasteiger partial charge in [-0.3, -0.25) is 0 Å². The zero-order chi connectivity index (χ0) is 19.3. The van der Waals surface area contributed by atoms with E-state index < -0.39 is 13.9 Å². The van der Waals surface area contributed by atoms with Gasteiger partial charge in [-0.15, -0.1) is 0 Å². The molecule has 0 amide bonds. The van der Waals surface area contributed by atoms with E-state index in [1.54, 1.807) is 0 Å². The minimum atomic E-state index is -1.67. The van der Waals surface area contributed by atoms with Crippen LogP contribution < -0.4 is 0 Å². The Morgan fingerprint density at radius 3 is 2.08 bits per heavy atom. The first-order chi connectivity index (χ1) is 11.3. The van der Waals surface area contributed by atoms with Crippen molar-refractivity contribution in [3.63, 3.8) is 0 Å². The number of esters is 1. The van der Waals surface area contributed by atoms with Gasteiger partial charge in [-0.2, -0.15) is 0 Å². The van der Waals surface area contributed by atoms with E-state index in [4.69, 9.17) is 13.9 Å². The summed E-state index contributed by atoms with van der Waals surface area (Å²) in [7, 11) is -1.67. The summed E-state index contributed by atoms with van der Waals surface area (Å²) in [5, 5.41) is 0.262. The Morgan fingerprint density at radius 2 is 1.56 bits per heavy atom. The Bertz CT molecular complexity index is 420. The average molecular weight is 373 g/mol. The second-order valence-corrected chi connectivity index (χ2v) is 14.9. The molecule has 0 aromatic heterocycles. The summed E-state index contributed by atoms with van der Waals surface area (Å²) < 4.78 is 17.3. The molecule has 1 aliphatic carbocycles. The normalized spacial score (nSPS) is 22.7. The predicted molar refractivity (Wildman–Crippen MR) is 105 cm³/mol. The van der Waals surface area contributed by atoms with Crippen molar-refractivity contribution in [2.24, 2.45) is 11.8 Å². The van der Waals surface area contributed by atoms with Gasteiger partial charge in [0.1, 0.15) is 12.2 Å². The second kappa shape index (κ2) is 9.00. The van der Waals surface area contributed by atoms with Crippen LogP contribution in [0.2, 0.25) is 18.1 Å². The highest BCUT2D eigenvalue weighted by atomic mass is 28.4. The lowest BCUT2D eigenvalue weighted by molar-refractivity contribution is -0.160. The second-order valence-electron chi connectivity index (χ2n) is 10.1. The van der Waals surface area contributed by atoms with Crippen molar-refractivity contribution in [1.82, 2.24) is 0 Å². The van der Waals surface area contributed by atoms with Gasteiger partial charge < -0.3 is 13.9 Å². The van der Waals surface area contributed by atoms with Crippen molar-refractivity contribution in [3.8, 4) is 0 Å². The molecule has 0 heterocycles. The molecule has 1 aliphatic rings. The molecule has 0 radical (unpaired) electrons. The van der Waals surface area contributed by atoms with Gasteiger partial charge in [0.25, 0.3) is 0 Å². The van der Waals surface area contributed by atoms with Crippen molar-refractivity contribution in [2.45, 2.75) is 91.0 Å². The van der Waals surface area contributed by atoms with Crippen molar-refractivity contribution < 1.29 is 18.7 Å². The number of carbonyl (C=O) groups excluding carboxylic acids is 1. The monoisotopic (exact) mass is 372 g/mol. The third-order valence-corrected chi connectivity index (χ3v) is 9.87. The lowest BCUT2D eigenvalue weighted by Crippen LogP contribution is -2.42. The molecule has 0 spiro atoms. The van der Waals surface area contributed by atoms with E-state index in [0.717, 1.165) is 13.0 Å². The summed E-state index contributed by atoms with van der Waals surface area (Å²) in [5.41, 5.74) is -0.447. The van der Waals surface area contributed by atoms with E-state index in [1.165, 1.54) is 19.3 Å². The highest BCUT2D eigenvalue weighted by molar-refractivity contribution is 6.74. The molecule has 4 nitrogen and oxygen atoms in total. The van der Waals surface area contributed by atoms with Crippen LogP contribution in [0.5, 0.6) is 0 Å². The third kappa shape index (κ3) is 8.69. The summed E-state index contributed by atoms with van der Waals surface area (Å²) in [6.45, 7) is 18.7. The third-order valence-electron chi connectivity index (χ3n) is 5.37. The van der Waals surface area contributed by atoms with Crippen LogP contribution in [0.25, 0.3) is 0 Å². The zero-order valence-corrected chi connectivity index (χ0v) is 18.7. The first-order valence-corrected chi connectivity index (χ1v) is 12.6. The van der Waals surface area contributed by atoms with Crippen LogP contribution in [0.15, 0.2) is 0 Å². The fourth-order valence-corrected chi connectivity index (χ4v) is 4.01. The van der Waals surface area contributed by atoms with Gasteiger partial charge in [-0.1, -0.05) is 27.2 Å². The Kier molecular flexibility index (Phi) is 8.16. The maximum absolute atomic E-state index is 11.7. The fourth-order valence-electron chi connectivity index (χ4n) is 2.93. The van der Waals surface area contributed by atoms with E-state index in [0.29, 0.717) is 18.4 Å². The summed E-state index contributed by atoms with van der Waals surface area (Å²) in [4.78, 5) is 11.7. The molecule has 25 heavy (non-hydrogen) atoms. The summed E-state index contributed by atoms with van der Waals surface area (Å²) in [5.74, 6) is 0.878. The van der Waals surface area contributed by atoms with Crippen LogP contribution in [0.3, 0.4) is 0 Å². The Balaban J connectivity index is 2.32. The number of ether oxygens (including phenoxy) is 2. The molecule has 0 N–H and O–H groups in total. The van der Waals surface area contributed by atoms with E-state index >= 15 is 0 Å². The van der Waals surface area contributed by atoms with Crippen LogP contribution in [0, 0.1) is 11.8 Å². The SMILES string of the molecule is CC(C)(C)OC(=O)COCC1CCCC(CO[Si](C)(C)C(C)(C)C)C1. The molecule has 1 saturated carbocycles. The van der Waals surface area contributed by atoms with Gasteiger partial charge in [-0.25, -0.2) is 4.79 Å². The minimum Gasteiger partial charge on any atom is -0.458 e. The molecule has 148 valence electrons. The Labute approximate surface area is 156 Å². The van der Waals surface area contributed by atoms with Gasteiger partial charge in [0, 0.05) is 6.61 Å². The van der Waals surface area contributed by atoms with Gasteiger partial charge >= 0.3 is 5.97 Å². The van der Waals surface area contributed by atoms with Crippen molar-refractivity contribution in [3.05, 3.63) is 0 Å². The number of hydrogen-bond donors (Lipinski definition) is 0. The van der Waals surface area contributed by atoms with Gasteiger partial charge in [-0.05, 0) is 70.0 Å². The summed E-state index contributed by atoms with van der Waals surface area (Å²) >= 11 is 0. The molecule has 0 aromatic carbocycles. The van der Waals surface area contributed by atoms with Gasteiger partial charge in [0.2, 0.25) is 0 Å². The van der Waals surface area contributed by atoms with E-state index in [1.807, 2.05) is 20.8 Å². The van der Waals surface area contributed by atoms with E-state index in [2.05, 4.69) is 33.9 Å². The first kappa shape index (κ1) is 22.6. The molecule has 0 aliphatic heterocycles. The molecule has 1 fully saturated rings. The van der Waals surface area contributed by atoms with Crippen LogP contribution in [-0.2, 0) is 18.7 Å². The Hall–Kier alpha value is -0.393. The van der Waals surface area contributed by atoms with E-state index in [9.17, 15) is 4.79 Å². The van der Waals surface area contributed by atoms with E-state index in [-0.39, 0.29) is 17.6 Å². The Morgan fingerprint density at radius 1 is 1.00 bits per heavy atom. The number of carbonyl (C=O) groups is 1. The maximum atomic E-state index is 11.7. The molecule has 2 atom stereocenters. The van der Waals surface area contributed by atoms with Crippen LogP contribution in [0.1, 0.15) is 67.2 Å². The topological polar surface area (TPSA) is 44.8 Å². The molecular weight excluding hydrogens is 332 g/mol. The standard InChI is InChI=1S/C20H40O4Si/c1-19(2,3)24-18(21)15-22-13-16-10-9-11-17(12-16)14-23-25(7,8)20(4,5)6/h16-17H,9-15H2,1-8H3. The minimum absolute atomic E-state index is 0.0545. The zero-order valence-electron chi connectivity index (χ0n) is 17.7. The fraction of sp³-hybridized carbons (Fsp3) is 0.950. The lowest BCUT2D eigenvalue weighted by Gasteiger charge is -2.38. The summed E-state index contributed by atoms with van der Waals surface area (Å²) in [6.07, 6.45) is 4.80. The van der Waals surface area contributed by atoms with Gasteiger partial charge in [0.05, 0.1) is 6.61 Å². The van der Waals surface area contributed by atoms with Crippen molar-refractivity contribution >= 4 is 14.3 Å². The molecular formula is C20H40O4Si. The van der Waals surface area contributed by atoms with Gasteiger partial charge in [0.15, 0.2) is 8.32 Å². The largest absolute Gasteiger partial charge is 0.458 e. The molecule has 5 heteroatoms. The van der Waals surface area contributed by atoms with Crippen molar-refractivity contribution in [2.75, 3.05) is 19.8 Å². The first-order valence-electron chi connectivity index (χ1n) is 9.74. The number of rotatable bonds is 7. The smallest absolute Gasteiger partial charge is 0.332 e. The highest BCUT2D eigenvalue weighted by Crippen LogP contribution is 2.38. The summed E-state index contributed by atoms with van der Waals surface area (Å²) in [6, 6.07) is 0. The molecule has 0 bridgehead atoms. The average Bonchev–Trinajstić information content (AvgIpc) is 2.42. The van der Waals surface area contributed by atoms with Crippen molar-refractivity contribution in [1.29, 1.82) is 0 Å². The predicted octanol–water partition coefficient (Wildman–Crippen LogP) is 5.17. The maximum Gasteiger partial charge on any atom is 0.332 e. The molecule has 0 aromatic rings. The van der Waals surface area contributed by atoms with Crippen LogP contribution in [-0.4, -0.2) is 39.7 Å². The molecule has 1 rings (SSSR count). The highest BCUT2D eigenvalue weighted by Gasteiger charge is 2.38. The van der Waals surface area contributed by atoms with Crippen LogP contribution >= 0.6 is 0 Å². The molecule has 0 saturated heterocycles. The van der Waals surface area contributed by atoms with Crippen LogP contribution in [0.4, 0.5) is 0 Å². The lowest BCUT2D eigenvalue weighted by atomic mass is 9.82. The quantitative estimate of drug-likeness (QED) is 0.456. The number of hydrogen-bond acceptors (Lipinski definition) is 4. The molecule has 2 unspecified atom stereocenters.